The number of nitrogens with zero attached hydrogens (tertiary/aromatic N) is 2. The van der Waals surface area contributed by atoms with Gasteiger partial charge in [0.2, 0.25) is 0 Å². The minimum atomic E-state index is -4.26. The highest BCUT2D eigenvalue weighted by Gasteiger charge is 2.28. The number of halogens is 1. The molecule has 18 heteroatoms. The van der Waals surface area contributed by atoms with Crippen LogP contribution >= 0.6 is 22.9 Å². The average Bonchev–Trinajstić information content (AvgIpc) is 3.52. The zero-order valence-electron chi connectivity index (χ0n) is 22.2. The first kappa shape index (κ1) is 32.2. The Bertz CT molecular complexity index is 1510. The second kappa shape index (κ2) is 14.1. The van der Waals surface area contributed by atoms with Crippen LogP contribution in [-0.2, 0) is 24.3 Å². The second-order valence-electron chi connectivity index (χ2n) is 8.32. The van der Waals surface area contributed by atoms with E-state index in [2.05, 4.69) is 20.0 Å². The van der Waals surface area contributed by atoms with Gasteiger partial charge in [0.15, 0.2) is 0 Å². The number of anilines is 2. The highest BCUT2D eigenvalue weighted by Crippen LogP contribution is 2.35. The smallest absolute Gasteiger partial charge is 0.432 e. The topological polar surface area (TPSA) is 199 Å². The van der Waals surface area contributed by atoms with E-state index in [1.807, 2.05) is 0 Å². The SMILES string of the molecule is Cc1cc(C)c(OC(=O)OCCOCCON(O)O)c(C)c1NC(=O)c1sccc1S(=O)(=O)Nc1onc(C)c1Cl. The maximum absolute atomic E-state index is 13.2. The van der Waals surface area contributed by atoms with Crippen molar-refractivity contribution >= 4 is 56.6 Å². The number of aryl methyl sites for hydroxylation is 3. The molecule has 0 radical (unpaired) electrons. The van der Waals surface area contributed by atoms with Gasteiger partial charge in [0.1, 0.15) is 32.8 Å². The van der Waals surface area contributed by atoms with Crippen LogP contribution in [0.1, 0.15) is 32.1 Å². The quantitative estimate of drug-likeness (QED) is 0.0902. The molecule has 1 amide bonds. The normalized spacial score (nSPS) is 11.5. The molecule has 0 aliphatic heterocycles. The zero-order valence-corrected chi connectivity index (χ0v) is 24.6. The van der Waals surface area contributed by atoms with Crippen molar-refractivity contribution in [3.8, 4) is 5.75 Å². The molecule has 0 atom stereocenters. The van der Waals surface area contributed by atoms with Gasteiger partial charge in [-0.2, -0.15) is 0 Å². The van der Waals surface area contributed by atoms with Crippen LogP contribution in [0.3, 0.4) is 0 Å². The van der Waals surface area contributed by atoms with Crippen LogP contribution in [0.4, 0.5) is 16.4 Å². The molecule has 0 bridgehead atoms. The van der Waals surface area contributed by atoms with Crippen LogP contribution in [0.25, 0.3) is 0 Å². The predicted molar refractivity (Wildman–Crippen MR) is 144 cm³/mol. The van der Waals surface area contributed by atoms with Gasteiger partial charge in [0.25, 0.3) is 21.8 Å². The van der Waals surface area contributed by atoms with Crippen molar-refractivity contribution in [2.24, 2.45) is 0 Å². The molecule has 2 aromatic heterocycles. The number of benzene rings is 1. The molecule has 3 rings (SSSR count). The van der Waals surface area contributed by atoms with E-state index in [0.717, 1.165) is 11.3 Å². The minimum Gasteiger partial charge on any atom is -0.432 e. The third kappa shape index (κ3) is 8.37. The lowest BCUT2D eigenvalue weighted by Crippen LogP contribution is -2.20. The van der Waals surface area contributed by atoms with Gasteiger partial charge in [-0.1, -0.05) is 22.8 Å². The molecule has 4 N–H and O–H groups in total. The summed E-state index contributed by atoms with van der Waals surface area (Å²) in [7, 11) is -4.26. The van der Waals surface area contributed by atoms with Gasteiger partial charge in [-0.25, -0.2) is 22.8 Å². The van der Waals surface area contributed by atoms with E-state index in [1.165, 1.54) is 18.4 Å². The molecule has 224 valence electrons. The van der Waals surface area contributed by atoms with Crippen LogP contribution in [0.5, 0.6) is 5.75 Å². The molecule has 0 aliphatic carbocycles. The Morgan fingerprint density at radius 1 is 1.12 bits per heavy atom. The number of sulfonamides is 1. The Kier molecular flexibility index (Phi) is 11.0. The van der Waals surface area contributed by atoms with E-state index in [4.69, 9.17) is 40.7 Å². The van der Waals surface area contributed by atoms with Gasteiger partial charge in [0, 0.05) is 5.56 Å². The summed E-state index contributed by atoms with van der Waals surface area (Å²) in [5.74, 6) is -0.844. The minimum absolute atomic E-state index is 0.00601. The number of rotatable bonds is 13. The number of ether oxygens (including phenoxy) is 3. The Hall–Kier alpha value is -3.29. The average molecular weight is 635 g/mol. The highest BCUT2D eigenvalue weighted by atomic mass is 35.5. The molecule has 15 nitrogen and oxygen atoms in total. The molecule has 2 heterocycles. The summed E-state index contributed by atoms with van der Waals surface area (Å²) in [6.07, 6.45) is -1.02. The monoisotopic (exact) mass is 634 g/mol. The standard InChI is InChI=1S/C23H27ClN4O11S2/c1-12-11-13(2)19(38-23(30)36-8-6-35-7-9-37-28(31)32)14(3)18(12)25-21(29)20-16(5-10-40-20)41(33,34)27-22-17(24)15(4)26-39-22/h5,10-11,27,31-32H,6-9H2,1-4H3,(H,25,29). The zero-order chi connectivity index (χ0) is 30.3. The maximum Gasteiger partial charge on any atom is 0.513 e. The molecule has 0 spiro atoms. The first-order valence-corrected chi connectivity index (χ1v) is 14.4. The summed E-state index contributed by atoms with van der Waals surface area (Å²) in [6, 6.07) is 2.95. The van der Waals surface area contributed by atoms with Gasteiger partial charge in [-0.15, -0.1) is 11.3 Å². The van der Waals surface area contributed by atoms with Crippen molar-refractivity contribution in [1.82, 2.24) is 10.5 Å². The van der Waals surface area contributed by atoms with Crippen molar-refractivity contribution in [3.05, 3.63) is 49.8 Å². The summed E-state index contributed by atoms with van der Waals surface area (Å²) >= 11 is 6.92. The van der Waals surface area contributed by atoms with Crippen molar-refractivity contribution in [1.29, 1.82) is 0 Å². The van der Waals surface area contributed by atoms with Crippen molar-refractivity contribution in [2.75, 3.05) is 36.5 Å². The number of nitrogens with one attached hydrogen (secondary N) is 2. The molecular weight excluding hydrogens is 608 g/mol. The van der Waals surface area contributed by atoms with Gasteiger partial charge in [-0.3, -0.25) is 15.2 Å². The number of carbonyl (C=O) groups excluding carboxylic acids is 2. The number of hydrogen-bond donors (Lipinski definition) is 4. The van der Waals surface area contributed by atoms with E-state index in [-0.39, 0.29) is 58.6 Å². The van der Waals surface area contributed by atoms with Crippen molar-refractivity contribution in [2.45, 2.75) is 32.6 Å². The predicted octanol–water partition coefficient (Wildman–Crippen LogP) is 4.22. The lowest BCUT2D eigenvalue weighted by molar-refractivity contribution is -0.493. The Morgan fingerprint density at radius 2 is 1.83 bits per heavy atom. The summed E-state index contributed by atoms with van der Waals surface area (Å²) in [4.78, 5) is 29.4. The second-order valence-corrected chi connectivity index (χ2v) is 11.3. The van der Waals surface area contributed by atoms with E-state index < -0.39 is 27.5 Å². The lowest BCUT2D eigenvalue weighted by atomic mass is 10.0. The summed E-state index contributed by atoms with van der Waals surface area (Å²) in [5.41, 5.74) is 2.23. The summed E-state index contributed by atoms with van der Waals surface area (Å²) in [5, 5.41) is 24.1. The Labute approximate surface area is 243 Å². The van der Waals surface area contributed by atoms with Crippen LogP contribution in [-0.4, -0.2) is 67.9 Å². The molecule has 0 aliphatic rings. The molecule has 0 fully saturated rings. The number of hydrogen-bond acceptors (Lipinski definition) is 14. The molecule has 0 saturated heterocycles. The molecule has 1 aromatic carbocycles. The number of amides is 1. The van der Waals surface area contributed by atoms with Crippen LogP contribution in [0, 0.1) is 27.7 Å². The fraction of sp³-hybridized carbons (Fsp3) is 0.348. The number of carbonyl (C=O) groups is 2. The largest absolute Gasteiger partial charge is 0.513 e. The van der Waals surface area contributed by atoms with Crippen molar-refractivity contribution in [3.63, 3.8) is 0 Å². The number of thiophene rings is 1. The van der Waals surface area contributed by atoms with Crippen LogP contribution < -0.4 is 14.8 Å². The van der Waals surface area contributed by atoms with E-state index in [1.54, 1.807) is 26.8 Å². The highest BCUT2D eigenvalue weighted by molar-refractivity contribution is 7.93. The van der Waals surface area contributed by atoms with Gasteiger partial charge >= 0.3 is 6.16 Å². The van der Waals surface area contributed by atoms with Gasteiger partial charge in [-0.05, 0) is 50.3 Å². The lowest BCUT2D eigenvalue weighted by Gasteiger charge is -2.17. The molecule has 0 saturated carbocycles. The Balaban J connectivity index is 1.69. The third-order valence-electron chi connectivity index (χ3n) is 5.35. The van der Waals surface area contributed by atoms with Crippen LogP contribution in [0.2, 0.25) is 5.02 Å². The first-order valence-electron chi connectivity index (χ1n) is 11.7. The number of aromatic nitrogens is 1. The third-order valence-corrected chi connectivity index (χ3v) is 8.21. The van der Waals surface area contributed by atoms with Crippen LogP contribution in [0.15, 0.2) is 26.9 Å². The molecule has 0 unspecified atom stereocenters. The molecule has 41 heavy (non-hydrogen) atoms. The fourth-order valence-electron chi connectivity index (χ4n) is 3.54. The fourth-order valence-corrected chi connectivity index (χ4v) is 6.03. The summed E-state index contributed by atoms with van der Waals surface area (Å²) in [6.45, 7) is 6.29. The van der Waals surface area contributed by atoms with Crippen molar-refractivity contribution < 1.29 is 52.0 Å². The Morgan fingerprint density at radius 3 is 2.49 bits per heavy atom. The van der Waals surface area contributed by atoms with E-state index >= 15 is 0 Å². The summed E-state index contributed by atoms with van der Waals surface area (Å²) < 4.78 is 48.6. The van der Waals surface area contributed by atoms with E-state index in [0.29, 0.717) is 22.4 Å². The molecular formula is C23H27ClN4O11S2. The van der Waals surface area contributed by atoms with Gasteiger partial charge < -0.3 is 24.1 Å². The van der Waals surface area contributed by atoms with E-state index in [9.17, 15) is 18.0 Å². The first-order chi connectivity index (χ1) is 19.3. The maximum atomic E-state index is 13.2. The van der Waals surface area contributed by atoms with Gasteiger partial charge in [0.05, 0.1) is 30.9 Å². The molecule has 3 aromatic rings.